The molecule has 0 fully saturated rings. The topological polar surface area (TPSA) is 114 Å². The normalized spacial score (nSPS) is 22.6. The van der Waals surface area contributed by atoms with E-state index in [1.165, 1.54) is 0 Å². The van der Waals surface area contributed by atoms with Crippen LogP contribution in [0.2, 0.25) is 0 Å². The molecular formula is C26H18N4O2. The zero-order valence-electron chi connectivity index (χ0n) is 17.3. The summed E-state index contributed by atoms with van der Waals surface area (Å²) in [7, 11) is 0. The van der Waals surface area contributed by atoms with E-state index < -0.39 is 11.2 Å². The summed E-state index contributed by atoms with van der Waals surface area (Å²) in [4.78, 5) is 0. The largest absolute Gasteiger partial charge is 0.471 e. The first-order valence-corrected chi connectivity index (χ1v) is 10.5. The summed E-state index contributed by atoms with van der Waals surface area (Å²) in [5.74, 6) is 1.26. The van der Waals surface area contributed by atoms with Gasteiger partial charge >= 0.3 is 0 Å². The number of hydrogen-bond acceptors (Lipinski definition) is 6. The molecule has 3 aromatic carbocycles. The molecule has 0 bridgehead atoms. The second-order valence-electron chi connectivity index (χ2n) is 8.42. The van der Waals surface area contributed by atoms with E-state index in [9.17, 15) is 10.5 Å². The van der Waals surface area contributed by atoms with Gasteiger partial charge < -0.3 is 9.47 Å². The van der Waals surface area contributed by atoms with Crippen molar-refractivity contribution in [2.75, 3.05) is 0 Å². The second-order valence-corrected chi connectivity index (χ2v) is 8.42. The third kappa shape index (κ3) is 2.75. The molecule has 0 saturated carbocycles. The Labute approximate surface area is 185 Å². The van der Waals surface area contributed by atoms with Crippen molar-refractivity contribution in [2.45, 2.75) is 49.7 Å². The van der Waals surface area contributed by atoms with Gasteiger partial charge in [0, 0.05) is 60.1 Å². The van der Waals surface area contributed by atoms with Crippen molar-refractivity contribution < 1.29 is 9.47 Å². The summed E-state index contributed by atoms with van der Waals surface area (Å²) < 4.78 is 12.8. The Kier molecular flexibility index (Phi) is 4.41. The minimum absolute atomic E-state index is 0.229. The van der Waals surface area contributed by atoms with Crippen molar-refractivity contribution in [3.05, 3.63) is 47.5 Å². The number of nitriles is 4. The molecule has 0 saturated heterocycles. The maximum atomic E-state index is 10.00. The predicted molar refractivity (Wildman–Crippen MR) is 117 cm³/mol. The molecule has 2 atom stereocenters. The molecule has 2 heterocycles. The lowest BCUT2D eigenvalue weighted by atomic mass is 9.81. The summed E-state index contributed by atoms with van der Waals surface area (Å²) in [6.45, 7) is 0. The molecule has 32 heavy (non-hydrogen) atoms. The van der Waals surface area contributed by atoms with E-state index in [-0.39, 0.29) is 12.8 Å². The Morgan fingerprint density at radius 2 is 1.12 bits per heavy atom. The molecule has 5 rings (SSSR count). The van der Waals surface area contributed by atoms with Gasteiger partial charge in [0.2, 0.25) is 0 Å². The fourth-order valence-corrected chi connectivity index (χ4v) is 5.00. The van der Waals surface area contributed by atoms with Crippen LogP contribution in [0.1, 0.15) is 36.8 Å². The molecule has 3 aromatic rings. The van der Waals surface area contributed by atoms with Gasteiger partial charge in [-0.25, -0.2) is 0 Å². The monoisotopic (exact) mass is 418 g/mol. The van der Waals surface area contributed by atoms with E-state index in [4.69, 9.17) is 20.0 Å². The Morgan fingerprint density at radius 1 is 0.688 bits per heavy atom. The number of hydrogen-bond donors (Lipinski definition) is 0. The smallest absolute Gasteiger partial charge is 0.199 e. The number of fused-ring (bicyclic) bond motifs is 2. The number of rotatable bonds is 4. The molecule has 2 aliphatic rings. The van der Waals surface area contributed by atoms with E-state index in [2.05, 4.69) is 24.3 Å². The molecule has 0 amide bonds. The summed E-state index contributed by atoms with van der Waals surface area (Å²) in [5, 5.41) is 41.6. The minimum atomic E-state index is -1.10. The van der Waals surface area contributed by atoms with Gasteiger partial charge in [-0.05, 0) is 11.1 Å². The van der Waals surface area contributed by atoms with Crippen LogP contribution in [0.25, 0.3) is 21.5 Å². The van der Waals surface area contributed by atoms with Crippen LogP contribution in [0.5, 0.6) is 11.5 Å². The summed E-state index contributed by atoms with van der Waals surface area (Å²) in [5.41, 5.74) is -0.285. The van der Waals surface area contributed by atoms with E-state index in [0.717, 1.165) is 32.7 Å². The predicted octanol–water partition coefficient (Wildman–Crippen LogP) is 5.00. The minimum Gasteiger partial charge on any atom is -0.471 e. The first-order valence-electron chi connectivity index (χ1n) is 10.5. The Bertz CT molecular complexity index is 1340. The molecule has 0 N–H and O–H groups in total. The molecule has 0 spiro atoms. The van der Waals surface area contributed by atoms with Gasteiger partial charge in [-0.2, -0.15) is 21.0 Å². The van der Waals surface area contributed by atoms with Crippen LogP contribution >= 0.6 is 0 Å². The zero-order chi connectivity index (χ0) is 22.3. The highest BCUT2D eigenvalue weighted by molar-refractivity contribution is 6.14. The lowest BCUT2D eigenvalue weighted by molar-refractivity contribution is 0.113. The van der Waals surface area contributed by atoms with E-state index in [1.54, 1.807) is 0 Å². The van der Waals surface area contributed by atoms with Crippen molar-refractivity contribution in [1.29, 1.82) is 21.0 Å². The van der Waals surface area contributed by atoms with E-state index in [0.29, 0.717) is 37.2 Å². The highest BCUT2D eigenvalue weighted by atomic mass is 16.5. The van der Waals surface area contributed by atoms with E-state index in [1.807, 2.05) is 36.4 Å². The van der Waals surface area contributed by atoms with Gasteiger partial charge in [0.1, 0.15) is 23.6 Å². The molecule has 0 aromatic heterocycles. The summed E-state index contributed by atoms with van der Waals surface area (Å²) in [6.07, 6.45) is 1.84. The summed E-state index contributed by atoms with van der Waals surface area (Å²) in [6, 6.07) is 20.6. The van der Waals surface area contributed by atoms with Crippen LogP contribution in [-0.2, 0) is 12.8 Å². The van der Waals surface area contributed by atoms with Crippen molar-refractivity contribution in [3.8, 4) is 35.8 Å². The molecular weight excluding hydrogens is 400 g/mol. The molecule has 2 unspecified atom stereocenters. The maximum Gasteiger partial charge on any atom is 0.199 e. The van der Waals surface area contributed by atoms with Gasteiger partial charge in [0.25, 0.3) is 0 Å². The van der Waals surface area contributed by atoms with Gasteiger partial charge in [-0.15, -0.1) is 0 Å². The molecule has 0 aliphatic carbocycles. The third-order valence-corrected chi connectivity index (χ3v) is 6.48. The van der Waals surface area contributed by atoms with Crippen molar-refractivity contribution in [3.63, 3.8) is 0 Å². The molecule has 6 nitrogen and oxygen atoms in total. The third-order valence-electron chi connectivity index (χ3n) is 6.48. The molecule has 6 heteroatoms. The van der Waals surface area contributed by atoms with E-state index >= 15 is 0 Å². The van der Waals surface area contributed by atoms with Gasteiger partial charge in [-0.1, -0.05) is 36.4 Å². The average Bonchev–Trinajstić information content (AvgIpc) is 2.84. The fourth-order valence-electron chi connectivity index (χ4n) is 5.00. The number of nitrogens with zero attached hydrogens (tertiary/aromatic N) is 4. The Morgan fingerprint density at radius 3 is 1.50 bits per heavy atom. The molecule has 0 radical (unpaired) electrons. The quantitative estimate of drug-likeness (QED) is 0.551. The Hall–Kier alpha value is -4.26. The highest BCUT2D eigenvalue weighted by Crippen LogP contribution is 2.52. The van der Waals surface area contributed by atoms with Crippen molar-refractivity contribution in [2.24, 2.45) is 0 Å². The Balaban J connectivity index is 1.79. The lowest BCUT2D eigenvalue weighted by Gasteiger charge is -2.37. The van der Waals surface area contributed by atoms with Crippen LogP contribution in [0.3, 0.4) is 0 Å². The summed E-state index contributed by atoms with van der Waals surface area (Å²) >= 11 is 0. The maximum absolute atomic E-state index is 10.00. The van der Waals surface area contributed by atoms with Gasteiger partial charge in [0.15, 0.2) is 11.2 Å². The van der Waals surface area contributed by atoms with Crippen molar-refractivity contribution >= 4 is 21.5 Å². The van der Waals surface area contributed by atoms with Crippen LogP contribution in [0.4, 0.5) is 0 Å². The fraction of sp³-hybridized carbons (Fsp3) is 0.308. The van der Waals surface area contributed by atoms with Crippen LogP contribution in [0.15, 0.2) is 36.4 Å². The van der Waals surface area contributed by atoms with Crippen LogP contribution < -0.4 is 9.47 Å². The van der Waals surface area contributed by atoms with Gasteiger partial charge in [0.05, 0.1) is 12.1 Å². The number of benzene rings is 3. The lowest BCUT2D eigenvalue weighted by Crippen LogP contribution is -2.41. The molecule has 2 aliphatic heterocycles. The van der Waals surface area contributed by atoms with Gasteiger partial charge in [-0.3, -0.25) is 0 Å². The standard InChI is InChI=1S/C26H18N4O2/c27-11-3-9-25(15-29)13-17-5-1-7-19-21(17)24(32-25)20-8-2-6-18-14-26(16-30,10-4-12-28)31-23(19)22(18)20/h1-2,5-8H,3-4,9-10,13-14H2. The SMILES string of the molecule is N#CCCC1(C#N)Cc2cccc3c4c5c(cccc5c(c23)O1)CC(C#N)(CCC#N)O4. The van der Waals surface area contributed by atoms with Crippen molar-refractivity contribution in [1.82, 2.24) is 0 Å². The first kappa shape index (κ1) is 19.7. The van der Waals surface area contributed by atoms with Crippen LogP contribution in [-0.4, -0.2) is 11.2 Å². The number of ether oxygens (including phenoxy) is 2. The zero-order valence-corrected chi connectivity index (χ0v) is 17.3. The average molecular weight is 418 g/mol. The molecule has 154 valence electrons. The second kappa shape index (κ2) is 7.16. The highest BCUT2D eigenvalue weighted by Gasteiger charge is 2.42. The first-order chi connectivity index (χ1) is 15.6. The van der Waals surface area contributed by atoms with Crippen LogP contribution in [0, 0.1) is 45.3 Å².